The Balaban J connectivity index is 1.53. The van der Waals surface area contributed by atoms with Crippen LogP contribution in [0.4, 0.5) is 23.0 Å². The molecule has 4 aromatic rings. The van der Waals surface area contributed by atoms with Gasteiger partial charge in [-0.3, -0.25) is 14.7 Å². The number of nitrogens with two attached hydrogens (primary N) is 1. The highest BCUT2D eigenvalue weighted by Crippen LogP contribution is 2.18. The maximum Gasteiger partial charge on any atom is 0.302 e. The summed E-state index contributed by atoms with van der Waals surface area (Å²) < 4.78 is 27.8. The van der Waals surface area contributed by atoms with Crippen LogP contribution in [0.1, 0.15) is 16.1 Å². The molecule has 0 spiro atoms. The average Bonchev–Trinajstić information content (AvgIpc) is 3.11. The highest BCUT2D eigenvalue weighted by molar-refractivity contribution is 7.92. The molecule has 0 aliphatic heterocycles. The first-order valence-corrected chi connectivity index (χ1v) is 11.1. The summed E-state index contributed by atoms with van der Waals surface area (Å²) >= 11 is 0. The first-order valence-electron chi connectivity index (χ1n) is 9.62. The van der Waals surface area contributed by atoms with Crippen molar-refractivity contribution >= 4 is 38.9 Å². The molecule has 34 heavy (non-hydrogen) atoms. The van der Waals surface area contributed by atoms with E-state index < -0.39 is 21.5 Å². The van der Waals surface area contributed by atoms with E-state index in [4.69, 9.17) is 5.73 Å². The molecule has 0 atom stereocenters. The van der Waals surface area contributed by atoms with E-state index in [-0.39, 0.29) is 27.8 Å². The smallest absolute Gasteiger partial charge is 0.302 e. The molecule has 0 radical (unpaired) electrons. The van der Waals surface area contributed by atoms with E-state index in [9.17, 15) is 18.0 Å². The Kier molecular flexibility index (Phi) is 5.90. The van der Waals surface area contributed by atoms with Crippen LogP contribution >= 0.6 is 0 Å². The SMILES string of the molecule is Cc1[nH]n(C(=O)c2ccc(N)cc2)c(=O)c1N=Nc1c#cc(S(=O)(=O)Nc2ncccn2)cc1. The van der Waals surface area contributed by atoms with E-state index >= 15 is 0 Å². The van der Waals surface area contributed by atoms with E-state index in [2.05, 4.69) is 42.1 Å². The number of aromatic amines is 1. The summed E-state index contributed by atoms with van der Waals surface area (Å²) in [6.45, 7) is 1.56. The van der Waals surface area contributed by atoms with Gasteiger partial charge in [-0.15, -0.1) is 10.2 Å². The van der Waals surface area contributed by atoms with Crippen LogP contribution in [-0.4, -0.2) is 34.1 Å². The molecule has 13 heteroatoms. The quantitative estimate of drug-likeness (QED) is 0.282. The summed E-state index contributed by atoms with van der Waals surface area (Å²) in [4.78, 5) is 32.7. The second kappa shape index (κ2) is 8.96. The number of azo groups is 1. The Hall–Kier alpha value is -4.83. The molecule has 170 valence electrons. The standard InChI is InChI=1S/C21H16N8O4S/c1-13-18(20(31)29(27-13)19(30)14-3-5-15(22)6-4-14)26-25-16-7-9-17(10-8-16)34(32,33)28-21-23-11-2-12-24-21/h2-7,9,11-12,27H,22H2,1H3,(H,23,24,28). The number of aromatic nitrogens is 4. The predicted octanol–water partition coefficient (Wildman–Crippen LogP) is 2.36. The van der Waals surface area contributed by atoms with Gasteiger partial charge in [0.2, 0.25) is 5.95 Å². The van der Waals surface area contributed by atoms with Crippen LogP contribution in [0.5, 0.6) is 0 Å². The van der Waals surface area contributed by atoms with Gasteiger partial charge in [-0.1, -0.05) is 0 Å². The lowest BCUT2D eigenvalue weighted by Gasteiger charge is -2.03. The monoisotopic (exact) mass is 476 g/mol. The lowest BCUT2D eigenvalue weighted by molar-refractivity contribution is 0.0941. The van der Waals surface area contributed by atoms with Crippen molar-refractivity contribution in [3.63, 3.8) is 0 Å². The fourth-order valence-corrected chi connectivity index (χ4v) is 3.65. The number of nitrogens with one attached hydrogen (secondary N) is 2. The van der Waals surface area contributed by atoms with Gasteiger partial charge in [0.25, 0.3) is 15.9 Å². The second-order valence-corrected chi connectivity index (χ2v) is 8.51. The lowest BCUT2D eigenvalue weighted by Crippen LogP contribution is -2.25. The van der Waals surface area contributed by atoms with Crippen molar-refractivity contribution in [3.05, 3.63) is 88.6 Å². The van der Waals surface area contributed by atoms with Crippen molar-refractivity contribution in [1.29, 1.82) is 0 Å². The zero-order valence-corrected chi connectivity index (χ0v) is 18.4. The van der Waals surface area contributed by atoms with Crippen molar-refractivity contribution in [2.45, 2.75) is 11.8 Å². The number of nitrogens with zero attached hydrogens (tertiary/aromatic N) is 5. The Morgan fingerprint density at radius 2 is 1.79 bits per heavy atom. The van der Waals surface area contributed by atoms with Gasteiger partial charge < -0.3 is 5.73 Å². The minimum Gasteiger partial charge on any atom is -0.399 e. The van der Waals surface area contributed by atoms with E-state index in [0.717, 1.165) is 4.68 Å². The molecule has 0 aliphatic carbocycles. The third kappa shape index (κ3) is 4.66. The zero-order chi connectivity index (χ0) is 24.3. The molecule has 0 fully saturated rings. The number of carbonyl (C=O) groups excluding carboxylic acids is 1. The molecule has 2 heterocycles. The fraction of sp³-hybridized carbons (Fsp3) is 0.0476. The molecule has 0 saturated carbocycles. The summed E-state index contributed by atoms with van der Waals surface area (Å²) in [5.74, 6) is -0.675. The van der Waals surface area contributed by atoms with Gasteiger partial charge in [0.1, 0.15) is 10.6 Å². The number of carbonyl (C=O) groups is 1. The summed E-state index contributed by atoms with van der Waals surface area (Å²) in [6, 6.07) is 15.2. The van der Waals surface area contributed by atoms with Crippen molar-refractivity contribution in [2.24, 2.45) is 10.2 Å². The first kappa shape index (κ1) is 22.4. The Morgan fingerprint density at radius 1 is 1.09 bits per heavy atom. The third-order valence-corrected chi connectivity index (χ3v) is 5.71. The zero-order valence-electron chi connectivity index (χ0n) is 17.6. The van der Waals surface area contributed by atoms with Crippen LogP contribution < -0.4 is 16.0 Å². The molecule has 4 N–H and O–H groups in total. The molecule has 12 nitrogen and oxygen atoms in total. The highest BCUT2D eigenvalue weighted by atomic mass is 32.2. The number of benzene rings is 1. The summed E-state index contributed by atoms with van der Waals surface area (Å²) in [5.41, 5.74) is 6.01. The Morgan fingerprint density at radius 3 is 2.44 bits per heavy atom. The second-order valence-electron chi connectivity index (χ2n) is 6.86. The molecule has 0 bridgehead atoms. The summed E-state index contributed by atoms with van der Waals surface area (Å²) in [5, 5.41) is 10.5. The number of hydrogen-bond donors (Lipinski definition) is 3. The fourth-order valence-electron chi connectivity index (χ4n) is 2.76. The molecule has 4 rings (SSSR count). The maximum atomic E-state index is 12.7. The number of aryl methyl sites for hydroxylation is 1. The van der Waals surface area contributed by atoms with Gasteiger partial charge in [-0.25, -0.2) is 23.1 Å². The van der Waals surface area contributed by atoms with Gasteiger partial charge in [-0.05, 0) is 61.5 Å². The van der Waals surface area contributed by atoms with Gasteiger partial charge in [0, 0.05) is 23.6 Å². The number of rotatable bonds is 6. The molecule has 0 unspecified atom stereocenters. The van der Waals surface area contributed by atoms with Crippen LogP contribution in [0.25, 0.3) is 0 Å². The molecule has 2 aromatic heterocycles. The van der Waals surface area contributed by atoms with E-state index in [1.165, 1.54) is 36.7 Å². The van der Waals surface area contributed by atoms with E-state index in [1.807, 2.05) is 0 Å². The van der Waals surface area contributed by atoms with Crippen LogP contribution in [0, 0.1) is 19.1 Å². The molecule has 2 aromatic carbocycles. The van der Waals surface area contributed by atoms with Crippen LogP contribution in [-0.2, 0) is 10.0 Å². The summed E-state index contributed by atoms with van der Waals surface area (Å²) in [7, 11) is -3.98. The summed E-state index contributed by atoms with van der Waals surface area (Å²) in [6.07, 6.45) is 2.79. The predicted molar refractivity (Wildman–Crippen MR) is 122 cm³/mol. The Labute approximate surface area is 193 Å². The highest BCUT2D eigenvalue weighted by Gasteiger charge is 2.18. The maximum absolute atomic E-state index is 12.7. The van der Waals surface area contributed by atoms with E-state index in [0.29, 0.717) is 11.4 Å². The third-order valence-electron chi connectivity index (χ3n) is 4.45. The Bertz CT molecular complexity index is 1520. The van der Waals surface area contributed by atoms with Crippen LogP contribution in [0.2, 0.25) is 0 Å². The van der Waals surface area contributed by atoms with Gasteiger partial charge in [0.15, 0.2) is 5.69 Å². The van der Waals surface area contributed by atoms with Crippen LogP contribution in [0.15, 0.2) is 74.8 Å². The average molecular weight is 476 g/mol. The van der Waals surface area contributed by atoms with Gasteiger partial charge >= 0.3 is 5.56 Å². The van der Waals surface area contributed by atoms with Crippen molar-refractivity contribution < 1.29 is 13.2 Å². The normalized spacial score (nSPS) is 11.3. The van der Waals surface area contributed by atoms with E-state index in [1.54, 1.807) is 25.1 Å². The number of anilines is 2. The van der Waals surface area contributed by atoms with Crippen LogP contribution in [0.3, 0.4) is 0 Å². The van der Waals surface area contributed by atoms with Crippen molar-refractivity contribution in [1.82, 2.24) is 19.7 Å². The van der Waals surface area contributed by atoms with Gasteiger partial charge in [-0.2, -0.15) is 4.68 Å². The van der Waals surface area contributed by atoms with Crippen molar-refractivity contribution in [3.8, 4) is 0 Å². The number of hydrogen-bond acceptors (Lipinski definition) is 9. The van der Waals surface area contributed by atoms with Gasteiger partial charge in [0.05, 0.1) is 5.69 Å². The molecule has 0 saturated heterocycles. The molecular formula is C21H16N8O4S. The molecular weight excluding hydrogens is 460 g/mol. The van der Waals surface area contributed by atoms with Crippen molar-refractivity contribution in [2.75, 3.05) is 10.5 Å². The largest absolute Gasteiger partial charge is 0.399 e. The molecule has 0 amide bonds. The topological polar surface area (TPSA) is 178 Å². The minimum absolute atomic E-state index is 0.0863. The minimum atomic E-state index is -3.98. The number of nitrogen functional groups attached to an aromatic ring is 1. The first-order chi connectivity index (χ1) is 16.2. The lowest BCUT2D eigenvalue weighted by atomic mass is 10.2. The number of H-pyrrole nitrogens is 1. The molecule has 0 aliphatic rings. The number of sulfonamides is 1.